The Kier molecular flexibility index (Phi) is 6.92. The minimum atomic E-state index is 0.259. The third-order valence-corrected chi connectivity index (χ3v) is 2.32. The molecular weight excluding hydrogens is 194 g/mol. The second-order valence-corrected chi connectivity index (χ2v) is 3.79. The first-order chi connectivity index (χ1) is 7.34. The van der Waals surface area contributed by atoms with Gasteiger partial charge in [0.1, 0.15) is 6.23 Å². The van der Waals surface area contributed by atoms with Crippen LogP contribution in [0.2, 0.25) is 0 Å². The molecule has 1 heterocycles. The first-order valence-electron chi connectivity index (χ1n) is 5.89. The Morgan fingerprint density at radius 1 is 1.13 bits per heavy atom. The van der Waals surface area contributed by atoms with Crippen LogP contribution >= 0.6 is 0 Å². The summed E-state index contributed by atoms with van der Waals surface area (Å²) in [7, 11) is 0. The van der Waals surface area contributed by atoms with Gasteiger partial charge in [0.05, 0.1) is 25.9 Å². The van der Waals surface area contributed by atoms with Crippen LogP contribution in [-0.2, 0) is 14.2 Å². The molecular formula is C11H23NO3. The standard InChI is InChI=1S/C11H23NO3/c1-3-4-6-13-8-9-14-7-5-12-11-10(2)15-11/h10-12H,3-9H2,1-2H3. The predicted octanol–water partition coefficient (Wildman–Crippen LogP) is 1.15. The summed E-state index contributed by atoms with van der Waals surface area (Å²) in [4.78, 5) is 0. The molecule has 2 unspecified atom stereocenters. The van der Waals surface area contributed by atoms with Crippen molar-refractivity contribution in [3.63, 3.8) is 0 Å². The number of ether oxygens (including phenoxy) is 3. The lowest BCUT2D eigenvalue weighted by Crippen LogP contribution is -2.24. The van der Waals surface area contributed by atoms with Gasteiger partial charge in [-0.05, 0) is 13.3 Å². The number of nitrogens with one attached hydrogen (secondary N) is 1. The summed E-state index contributed by atoms with van der Waals surface area (Å²) in [5, 5.41) is 3.23. The fourth-order valence-electron chi connectivity index (χ4n) is 1.24. The van der Waals surface area contributed by atoms with Gasteiger partial charge in [-0.3, -0.25) is 5.32 Å². The maximum atomic E-state index is 5.38. The summed E-state index contributed by atoms with van der Waals surface area (Å²) in [6.07, 6.45) is 2.96. The Hall–Kier alpha value is -0.160. The van der Waals surface area contributed by atoms with Gasteiger partial charge in [-0.25, -0.2) is 0 Å². The Bertz CT molecular complexity index is 155. The van der Waals surface area contributed by atoms with E-state index in [2.05, 4.69) is 19.2 Å². The van der Waals surface area contributed by atoms with Crippen LogP contribution in [0.25, 0.3) is 0 Å². The zero-order valence-electron chi connectivity index (χ0n) is 9.83. The molecule has 0 amide bonds. The number of hydrogen-bond donors (Lipinski definition) is 1. The van der Waals surface area contributed by atoms with E-state index in [1.165, 1.54) is 6.42 Å². The SMILES string of the molecule is CCCCOCCOCCNC1OC1C. The van der Waals surface area contributed by atoms with Crippen molar-refractivity contribution in [2.75, 3.05) is 33.0 Å². The number of hydrogen-bond acceptors (Lipinski definition) is 4. The first kappa shape index (κ1) is 12.9. The van der Waals surface area contributed by atoms with Crippen LogP contribution in [0.5, 0.6) is 0 Å². The molecule has 1 aliphatic rings. The van der Waals surface area contributed by atoms with E-state index in [1.807, 2.05) is 0 Å². The fourth-order valence-corrected chi connectivity index (χ4v) is 1.24. The summed E-state index contributed by atoms with van der Waals surface area (Å²) in [5.41, 5.74) is 0. The largest absolute Gasteiger partial charge is 0.379 e. The molecule has 2 atom stereocenters. The summed E-state index contributed by atoms with van der Waals surface area (Å²) >= 11 is 0. The van der Waals surface area contributed by atoms with Crippen LogP contribution < -0.4 is 5.32 Å². The van der Waals surface area contributed by atoms with Crippen LogP contribution in [-0.4, -0.2) is 45.3 Å². The van der Waals surface area contributed by atoms with Gasteiger partial charge in [-0.15, -0.1) is 0 Å². The van der Waals surface area contributed by atoms with Crippen molar-refractivity contribution in [2.24, 2.45) is 0 Å². The summed E-state index contributed by atoms with van der Waals surface area (Å²) in [6.45, 7) is 8.04. The predicted molar refractivity (Wildman–Crippen MR) is 58.9 cm³/mol. The maximum Gasteiger partial charge on any atom is 0.135 e. The molecule has 4 heteroatoms. The molecule has 0 radical (unpaired) electrons. The third-order valence-electron chi connectivity index (χ3n) is 2.32. The molecule has 0 aromatic rings. The van der Waals surface area contributed by atoms with Crippen molar-refractivity contribution in [2.45, 2.75) is 39.0 Å². The Balaban J connectivity index is 1.66. The second-order valence-electron chi connectivity index (χ2n) is 3.79. The molecule has 15 heavy (non-hydrogen) atoms. The van der Waals surface area contributed by atoms with E-state index >= 15 is 0 Å². The van der Waals surface area contributed by atoms with Crippen molar-refractivity contribution < 1.29 is 14.2 Å². The normalized spacial score (nSPS) is 24.4. The molecule has 0 spiro atoms. The molecule has 1 rings (SSSR count). The fraction of sp³-hybridized carbons (Fsp3) is 1.00. The topological polar surface area (TPSA) is 43.0 Å². The van der Waals surface area contributed by atoms with E-state index in [-0.39, 0.29) is 6.23 Å². The number of epoxide rings is 1. The highest BCUT2D eigenvalue weighted by Gasteiger charge is 2.32. The molecule has 1 N–H and O–H groups in total. The van der Waals surface area contributed by atoms with Crippen molar-refractivity contribution in [3.05, 3.63) is 0 Å². The van der Waals surface area contributed by atoms with Crippen molar-refractivity contribution in [1.82, 2.24) is 5.32 Å². The van der Waals surface area contributed by atoms with Gasteiger partial charge < -0.3 is 14.2 Å². The highest BCUT2D eigenvalue weighted by atomic mass is 16.6. The second kappa shape index (κ2) is 8.05. The molecule has 1 saturated heterocycles. The monoisotopic (exact) mass is 217 g/mol. The highest BCUT2D eigenvalue weighted by Crippen LogP contribution is 2.16. The van der Waals surface area contributed by atoms with Crippen LogP contribution in [0.1, 0.15) is 26.7 Å². The summed E-state index contributed by atoms with van der Waals surface area (Å²) in [6, 6.07) is 0. The van der Waals surface area contributed by atoms with Gasteiger partial charge in [-0.2, -0.15) is 0 Å². The molecule has 1 aliphatic heterocycles. The van der Waals surface area contributed by atoms with E-state index in [0.717, 1.165) is 26.2 Å². The van der Waals surface area contributed by atoms with Crippen molar-refractivity contribution in [3.8, 4) is 0 Å². The average Bonchev–Trinajstić information content (AvgIpc) is 2.92. The van der Waals surface area contributed by atoms with E-state index in [1.54, 1.807) is 0 Å². The van der Waals surface area contributed by atoms with Crippen LogP contribution in [0, 0.1) is 0 Å². The lowest BCUT2D eigenvalue weighted by atomic mass is 10.4. The highest BCUT2D eigenvalue weighted by molar-refractivity contribution is 4.77. The molecule has 4 nitrogen and oxygen atoms in total. The Labute approximate surface area is 92.3 Å². The van der Waals surface area contributed by atoms with E-state index in [4.69, 9.17) is 14.2 Å². The number of rotatable bonds is 10. The Morgan fingerprint density at radius 3 is 2.40 bits per heavy atom. The molecule has 0 aliphatic carbocycles. The lowest BCUT2D eigenvalue weighted by Gasteiger charge is -2.05. The maximum absolute atomic E-state index is 5.38. The van der Waals surface area contributed by atoms with E-state index in [9.17, 15) is 0 Å². The Morgan fingerprint density at radius 2 is 1.80 bits per heavy atom. The molecule has 0 aromatic heterocycles. The quantitative estimate of drug-likeness (QED) is 0.440. The van der Waals surface area contributed by atoms with Crippen LogP contribution in [0.15, 0.2) is 0 Å². The van der Waals surface area contributed by atoms with Gasteiger partial charge in [0, 0.05) is 13.2 Å². The zero-order chi connectivity index (χ0) is 10.9. The average molecular weight is 217 g/mol. The van der Waals surface area contributed by atoms with Gasteiger partial charge in [-0.1, -0.05) is 13.3 Å². The molecule has 0 bridgehead atoms. The van der Waals surface area contributed by atoms with E-state index in [0.29, 0.717) is 19.3 Å². The molecule has 0 saturated carbocycles. The van der Waals surface area contributed by atoms with Crippen molar-refractivity contribution in [1.29, 1.82) is 0 Å². The van der Waals surface area contributed by atoms with Gasteiger partial charge >= 0.3 is 0 Å². The zero-order valence-corrected chi connectivity index (χ0v) is 9.83. The van der Waals surface area contributed by atoms with Crippen LogP contribution in [0.3, 0.4) is 0 Å². The van der Waals surface area contributed by atoms with Crippen LogP contribution in [0.4, 0.5) is 0 Å². The smallest absolute Gasteiger partial charge is 0.135 e. The molecule has 90 valence electrons. The lowest BCUT2D eigenvalue weighted by molar-refractivity contribution is 0.0471. The summed E-state index contributed by atoms with van der Waals surface area (Å²) in [5.74, 6) is 0. The molecule has 0 aromatic carbocycles. The van der Waals surface area contributed by atoms with Crippen molar-refractivity contribution >= 4 is 0 Å². The van der Waals surface area contributed by atoms with Gasteiger partial charge in [0.2, 0.25) is 0 Å². The molecule has 1 fully saturated rings. The minimum absolute atomic E-state index is 0.259. The van der Waals surface area contributed by atoms with E-state index < -0.39 is 0 Å². The summed E-state index contributed by atoms with van der Waals surface area (Å²) < 4.78 is 15.9. The first-order valence-corrected chi connectivity index (χ1v) is 5.89. The van der Waals surface area contributed by atoms with Gasteiger partial charge in [0.15, 0.2) is 0 Å². The number of unbranched alkanes of at least 4 members (excludes halogenated alkanes) is 1. The third kappa shape index (κ3) is 6.84. The minimum Gasteiger partial charge on any atom is -0.379 e. The van der Waals surface area contributed by atoms with Gasteiger partial charge in [0.25, 0.3) is 0 Å².